The zero-order valence-corrected chi connectivity index (χ0v) is 13.3. The van der Waals surface area contributed by atoms with Gasteiger partial charge < -0.3 is 5.11 Å². The van der Waals surface area contributed by atoms with Gasteiger partial charge in [-0.25, -0.2) is 0 Å². The van der Waals surface area contributed by atoms with Crippen LogP contribution in [-0.2, 0) is 0 Å². The highest BCUT2D eigenvalue weighted by Crippen LogP contribution is 2.43. The Hall–Kier alpha value is -2.32. The van der Waals surface area contributed by atoms with E-state index in [2.05, 4.69) is 34.1 Å². The van der Waals surface area contributed by atoms with E-state index in [1.807, 2.05) is 54.6 Å². The first-order valence-electron chi connectivity index (χ1n) is 7.14. The zero-order valence-electron chi connectivity index (χ0n) is 11.8. The summed E-state index contributed by atoms with van der Waals surface area (Å²) in [7, 11) is 0. The number of rotatable bonds is 1. The van der Waals surface area contributed by atoms with Crippen molar-refractivity contribution in [3.05, 3.63) is 77.3 Å². The lowest BCUT2D eigenvalue weighted by molar-refractivity contribution is 0.484. The van der Waals surface area contributed by atoms with Gasteiger partial charge >= 0.3 is 0 Å². The Kier molecular flexibility index (Phi) is 3.12. The van der Waals surface area contributed by atoms with Gasteiger partial charge in [-0.1, -0.05) is 76.6 Å². The van der Waals surface area contributed by atoms with Crippen LogP contribution in [0.25, 0.3) is 32.7 Å². The van der Waals surface area contributed by atoms with Crippen LogP contribution in [0.15, 0.2) is 77.3 Å². The van der Waals surface area contributed by atoms with Crippen LogP contribution in [-0.4, -0.2) is 5.11 Å². The van der Waals surface area contributed by atoms with Gasteiger partial charge in [-0.3, -0.25) is 0 Å². The molecule has 0 heterocycles. The summed E-state index contributed by atoms with van der Waals surface area (Å²) in [6, 6.07) is 24.3. The summed E-state index contributed by atoms with van der Waals surface area (Å²) in [6.45, 7) is 0. The maximum atomic E-state index is 10.9. The third-order valence-electron chi connectivity index (χ3n) is 4.02. The van der Waals surface area contributed by atoms with Crippen LogP contribution in [0.4, 0.5) is 0 Å². The fraction of sp³-hybridized carbons (Fsp3) is 0. The van der Waals surface area contributed by atoms with E-state index < -0.39 is 0 Å². The van der Waals surface area contributed by atoms with Crippen LogP contribution >= 0.6 is 15.9 Å². The molecule has 0 saturated heterocycles. The summed E-state index contributed by atoms with van der Waals surface area (Å²) in [5.74, 6) is 0.340. The van der Waals surface area contributed by atoms with Crippen molar-refractivity contribution in [1.82, 2.24) is 0 Å². The second kappa shape index (κ2) is 5.15. The lowest BCUT2D eigenvalue weighted by atomic mass is 9.92. The van der Waals surface area contributed by atoms with Crippen molar-refractivity contribution in [1.29, 1.82) is 0 Å². The van der Waals surface area contributed by atoms with Gasteiger partial charge in [-0.2, -0.15) is 0 Å². The number of benzene rings is 4. The van der Waals surface area contributed by atoms with Crippen LogP contribution in [0.2, 0.25) is 0 Å². The molecule has 4 rings (SSSR count). The maximum Gasteiger partial charge on any atom is 0.131 e. The molecule has 0 aliphatic rings. The molecule has 0 aliphatic heterocycles. The van der Waals surface area contributed by atoms with E-state index in [-0.39, 0.29) is 0 Å². The molecule has 106 valence electrons. The monoisotopic (exact) mass is 348 g/mol. The number of fused-ring (bicyclic) bond motifs is 3. The van der Waals surface area contributed by atoms with Crippen molar-refractivity contribution in [2.75, 3.05) is 0 Å². The van der Waals surface area contributed by atoms with Crippen LogP contribution in [0.1, 0.15) is 0 Å². The van der Waals surface area contributed by atoms with Gasteiger partial charge in [-0.05, 0) is 33.9 Å². The van der Waals surface area contributed by atoms with E-state index in [1.54, 1.807) is 0 Å². The van der Waals surface area contributed by atoms with Crippen molar-refractivity contribution in [2.24, 2.45) is 0 Å². The van der Waals surface area contributed by atoms with Crippen molar-refractivity contribution in [3.63, 3.8) is 0 Å². The highest BCUT2D eigenvalue weighted by molar-refractivity contribution is 9.10. The Bertz CT molecular complexity index is 1000. The summed E-state index contributed by atoms with van der Waals surface area (Å²) < 4.78 is 1.00. The van der Waals surface area contributed by atoms with Crippen LogP contribution in [0, 0.1) is 0 Å². The predicted molar refractivity (Wildman–Crippen MR) is 96.3 cm³/mol. The molecule has 2 heteroatoms. The van der Waals surface area contributed by atoms with Gasteiger partial charge in [0.25, 0.3) is 0 Å². The van der Waals surface area contributed by atoms with E-state index in [9.17, 15) is 5.11 Å². The third kappa shape index (κ3) is 1.99. The predicted octanol–water partition coefficient (Wildman–Crippen LogP) is 6.13. The van der Waals surface area contributed by atoms with Crippen molar-refractivity contribution >= 4 is 37.5 Å². The van der Waals surface area contributed by atoms with Crippen LogP contribution in [0.5, 0.6) is 5.75 Å². The Labute approximate surface area is 137 Å². The van der Waals surface area contributed by atoms with Crippen molar-refractivity contribution < 1.29 is 5.11 Å². The smallest absolute Gasteiger partial charge is 0.131 e. The molecule has 0 bridgehead atoms. The molecule has 0 unspecified atom stereocenters. The minimum atomic E-state index is 0.340. The first-order valence-corrected chi connectivity index (χ1v) is 7.93. The summed E-state index contributed by atoms with van der Waals surface area (Å²) in [6.07, 6.45) is 0. The Morgan fingerprint density at radius 1 is 0.636 bits per heavy atom. The van der Waals surface area contributed by atoms with E-state index in [0.717, 1.165) is 37.1 Å². The largest absolute Gasteiger partial charge is 0.507 e. The first kappa shape index (κ1) is 13.4. The minimum absolute atomic E-state index is 0.340. The number of halogens is 1. The molecule has 1 N–H and O–H groups in total. The number of hydrogen-bond acceptors (Lipinski definition) is 1. The topological polar surface area (TPSA) is 20.2 Å². The van der Waals surface area contributed by atoms with Gasteiger partial charge in [-0.15, -0.1) is 0 Å². The Morgan fingerprint density at radius 2 is 1.23 bits per heavy atom. The fourth-order valence-corrected chi connectivity index (χ4v) is 3.46. The average Bonchev–Trinajstić information content (AvgIpc) is 2.55. The minimum Gasteiger partial charge on any atom is -0.507 e. The standard InChI is InChI=1S/C20H13BrO/c21-14-7-5-6-13(12-14)19-17-10-3-1-8-15(17)16-9-2-4-11-18(16)20(19)22/h1-12,22H. The Morgan fingerprint density at radius 3 is 1.91 bits per heavy atom. The zero-order chi connectivity index (χ0) is 15.1. The summed E-state index contributed by atoms with van der Waals surface area (Å²) in [5.41, 5.74) is 1.89. The number of phenolic OH excluding ortho intramolecular Hbond substituents is 1. The Balaban J connectivity index is 2.23. The molecule has 22 heavy (non-hydrogen) atoms. The second-order valence-electron chi connectivity index (χ2n) is 5.33. The average molecular weight is 349 g/mol. The molecule has 0 amide bonds. The molecule has 4 aromatic carbocycles. The molecule has 0 spiro atoms. The fourth-order valence-electron chi connectivity index (χ4n) is 3.06. The first-order chi connectivity index (χ1) is 10.8. The molecule has 0 aromatic heterocycles. The number of phenols is 1. The second-order valence-corrected chi connectivity index (χ2v) is 6.24. The van der Waals surface area contributed by atoms with E-state index in [1.165, 1.54) is 0 Å². The van der Waals surface area contributed by atoms with E-state index in [4.69, 9.17) is 0 Å². The highest BCUT2D eigenvalue weighted by Gasteiger charge is 2.14. The van der Waals surface area contributed by atoms with Gasteiger partial charge in [0.2, 0.25) is 0 Å². The van der Waals surface area contributed by atoms with E-state index >= 15 is 0 Å². The van der Waals surface area contributed by atoms with Gasteiger partial charge in [0, 0.05) is 15.4 Å². The van der Waals surface area contributed by atoms with Crippen LogP contribution < -0.4 is 0 Å². The molecule has 1 nitrogen and oxygen atoms in total. The summed E-state index contributed by atoms with van der Waals surface area (Å²) in [5, 5.41) is 15.1. The van der Waals surface area contributed by atoms with Gasteiger partial charge in [0.1, 0.15) is 5.75 Å². The SMILES string of the molecule is Oc1c(-c2cccc(Br)c2)c2ccccc2c2ccccc12. The molecule has 0 fully saturated rings. The quantitative estimate of drug-likeness (QED) is 0.410. The third-order valence-corrected chi connectivity index (χ3v) is 4.51. The van der Waals surface area contributed by atoms with Gasteiger partial charge in [0.15, 0.2) is 0 Å². The lowest BCUT2D eigenvalue weighted by Crippen LogP contribution is -1.86. The molecule has 4 aromatic rings. The molecule has 0 radical (unpaired) electrons. The van der Waals surface area contributed by atoms with Crippen molar-refractivity contribution in [2.45, 2.75) is 0 Å². The molecule has 0 atom stereocenters. The highest BCUT2D eigenvalue weighted by atomic mass is 79.9. The summed E-state index contributed by atoms with van der Waals surface area (Å²) in [4.78, 5) is 0. The summed E-state index contributed by atoms with van der Waals surface area (Å²) >= 11 is 3.52. The van der Waals surface area contributed by atoms with E-state index in [0.29, 0.717) is 5.75 Å². The molecular formula is C20H13BrO. The molecule has 0 aliphatic carbocycles. The number of aromatic hydroxyl groups is 1. The molecular weight excluding hydrogens is 336 g/mol. The van der Waals surface area contributed by atoms with Crippen molar-refractivity contribution in [3.8, 4) is 16.9 Å². The number of hydrogen-bond donors (Lipinski definition) is 1. The van der Waals surface area contributed by atoms with Gasteiger partial charge in [0.05, 0.1) is 0 Å². The normalized spacial score (nSPS) is 11.1. The maximum absolute atomic E-state index is 10.9. The molecule has 0 saturated carbocycles. The van der Waals surface area contributed by atoms with Crippen LogP contribution in [0.3, 0.4) is 0 Å². The lowest BCUT2D eigenvalue weighted by Gasteiger charge is -2.14.